The van der Waals surface area contributed by atoms with Crippen molar-refractivity contribution >= 4 is 30.6 Å². The second-order valence-corrected chi connectivity index (χ2v) is 11.8. The summed E-state index contributed by atoms with van der Waals surface area (Å²) in [6, 6.07) is 18.5. The highest BCUT2D eigenvalue weighted by molar-refractivity contribution is 14.2. The van der Waals surface area contributed by atoms with Crippen LogP contribution in [0.15, 0.2) is 60.7 Å². The van der Waals surface area contributed by atoms with E-state index in [9.17, 15) is 18.0 Å². The zero-order chi connectivity index (χ0) is 24.7. The van der Waals surface area contributed by atoms with Crippen LogP contribution in [0.25, 0.3) is 11.1 Å². The first-order chi connectivity index (χ1) is 16.7. The van der Waals surface area contributed by atoms with Crippen LogP contribution in [0.2, 0.25) is 0 Å². The number of carbonyl (C=O) groups is 1. The summed E-state index contributed by atoms with van der Waals surface area (Å²) in [6.07, 6.45) is -4.72. The van der Waals surface area contributed by atoms with Crippen LogP contribution in [0.5, 0.6) is 5.75 Å². The molecule has 3 aromatic carbocycles. The van der Waals surface area contributed by atoms with Crippen LogP contribution < -0.4 is 4.74 Å². The highest BCUT2D eigenvalue weighted by atomic mass is 127. The Hall–Kier alpha value is -2.72. The van der Waals surface area contributed by atoms with Crippen LogP contribution in [-0.2, 0) is 19.6 Å². The van der Waals surface area contributed by atoms with E-state index in [4.69, 9.17) is 0 Å². The minimum absolute atomic E-state index is 0.0113. The number of benzene rings is 3. The van der Waals surface area contributed by atoms with Crippen LogP contribution in [0.3, 0.4) is 0 Å². The van der Waals surface area contributed by atoms with E-state index in [-0.39, 0.29) is 32.4 Å². The Balaban J connectivity index is 1.38. The summed E-state index contributed by atoms with van der Waals surface area (Å²) in [7, 11) is 4.09. The molecule has 2 heterocycles. The third-order valence-electron chi connectivity index (χ3n) is 5.98. The third kappa shape index (κ3) is 5.59. The number of halogens is 4. The standard InChI is InChI=1S/C27H24F3IN2O2/c1-32(2)14-17-3-7-19(8-4-17)20-11-21-16-33(26(34)25(21)23(12-20)24-13-31-24)15-18-5-9-22(10-6-18)35-27(28,29)30/h3-13,24H,14-16H2,1-2H3. The lowest BCUT2D eigenvalue weighted by Crippen LogP contribution is -2.23. The number of rotatable bonds is 7. The molecule has 5 rings (SSSR count). The van der Waals surface area contributed by atoms with Crippen molar-refractivity contribution in [2.24, 2.45) is 0 Å². The van der Waals surface area contributed by atoms with Crippen molar-refractivity contribution < 1.29 is 22.7 Å². The molecule has 35 heavy (non-hydrogen) atoms. The van der Waals surface area contributed by atoms with Crippen LogP contribution in [-0.4, -0.2) is 40.2 Å². The summed E-state index contributed by atoms with van der Waals surface area (Å²) < 4.78 is 43.9. The van der Waals surface area contributed by atoms with Crippen molar-refractivity contribution in [3.05, 3.63) is 88.5 Å². The molecule has 1 unspecified atom stereocenters. The van der Waals surface area contributed by atoms with Crippen LogP contribution in [0.4, 0.5) is 13.2 Å². The number of hydrogen-bond donors (Lipinski definition) is 0. The summed E-state index contributed by atoms with van der Waals surface area (Å²) in [5, 5.41) is 0. The molecule has 8 heteroatoms. The molecular formula is C27H24F3IN2O2. The fourth-order valence-corrected chi connectivity index (χ4v) is 5.89. The fraction of sp³-hybridized carbons (Fsp3) is 0.259. The molecule has 1 atom stereocenters. The number of carbonyl (C=O) groups excluding carboxylic acids is 1. The Bertz CT molecular complexity index is 1280. The average Bonchev–Trinajstić information content (AvgIpc) is 3.59. The number of fused-ring (bicyclic) bond motifs is 1. The lowest BCUT2D eigenvalue weighted by molar-refractivity contribution is -0.274. The lowest BCUT2D eigenvalue weighted by Gasteiger charge is -2.16. The van der Waals surface area contributed by atoms with Gasteiger partial charge in [-0.15, -0.1) is 33.9 Å². The van der Waals surface area contributed by atoms with E-state index >= 15 is 0 Å². The normalized spacial score (nSPS) is 16.9. The van der Waals surface area contributed by atoms with E-state index in [1.165, 1.54) is 17.7 Å². The van der Waals surface area contributed by atoms with Crippen molar-refractivity contribution in [3.8, 4) is 16.9 Å². The molecule has 0 spiro atoms. The first-order valence-corrected chi connectivity index (χ1v) is 13.7. The van der Waals surface area contributed by atoms with Crippen LogP contribution >= 0.6 is 20.7 Å². The first kappa shape index (κ1) is 24.0. The van der Waals surface area contributed by atoms with Gasteiger partial charge in [-0.1, -0.05) is 36.4 Å². The number of nitrogens with zero attached hydrogens (tertiary/aromatic N) is 2. The Kier molecular flexibility index (Phi) is 6.43. The second-order valence-electron chi connectivity index (χ2n) is 9.04. The van der Waals surface area contributed by atoms with Crippen molar-refractivity contribution in [3.63, 3.8) is 0 Å². The molecule has 0 bridgehead atoms. The van der Waals surface area contributed by atoms with Gasteiger partial charge in [0, 0.05) is 25.2 Å². The highest BCUT2D eigenvalue weighted by Gasteiger charge is 2.34. The zero-order valence-corrected chi connectivity index (χ0v) is 21.4. The average molecular weight is 592 g/mol. The second kappa shape index (κ2) is 9.39. The Morgan fingerprint density at radius 1 is 1.00 bits per heavy atom. The molecule has 3 aromatic rings. The summed E-state index contributed by atoms with van der Waals surface area (Å²) >= 11 is -0.0167. The highest BCUT2D eigenvalue weighted by Crippen LogP contribution is 2.45. The zero-order valence-electron chi connectivity index (χ0n) is 19.3. The number of ether oxygens (including phenoxy) is 1. The molecule has 0 N–H and O–H groups in total. The number of amides is 1. The molecule has 0 radical (unpaired) electrons. The lowest BCUT2D eigenvalue weighted by atomic mass is 9.94. The van der Waals surface area contributed by atoms with Gasteiger partial charge < -0.3 is 14.5 Å². The summed E-state index contributed by atoms with van der Waals surface area (Å²) in [5.41, 5.74) is 7.17. The maximum Gasteiger partial charge on any atom is 0.573 e. The minimum Gasteiger partial charge on any atom is -0.406 e. The van der Waals surface area contributed by atoms with Crippen molar-refractivity contribution in [2.75, 3.05) is 14.1 Å². The molecular weight excluding hydrogens is 568 g/mol. The summed E-state index contributed by atoms with van der Waals surface area (Å²) in [4.78, 5) is 17.2. The topological polar surface area (TPSA) is 32.8 Å². The van der Waals surface area contributed by atoms with Gasteiger partial charge in [-0.2, -0.15) is 0 Å². The molecule has 2 aliphatic heterocycles. The van der Waals surface area contributed by atoms with Crippen LogP contribution in [0, 0.1) is 0 Å². The fourth-order valence-electron chi connectivity index (χ4n) is 4.42. The van der Waals surface area contributed by atoms with E-state index < -0.39 is 6.36 Å². The predicted octanol–water partition coefficient (Wildman–Crippen LogP) is 6.30. The first-order valence-electron chi connectivity index (χ1n) is 11.2. The van der Waals surface area contributed by atoms with Crippen LogP contribution in [0.1, 0.15) is 36.5 Å². The molecule has 182 valence electrons. The number of hydrogen-bond acceptors (Lipinski definition) is 3. The number of alkyl halides is 4. The van der Waals surface area contributed by atoms with Gasteiger partial charge in [-0.05, 0) is 75.8 Å². The smallest absolute Gasteiger partial charge is 0.406 e. The largest absolute Gasteiger partial charge is 0.573 e. The SMILES string of the molecule is CN(C)Cc1ccc(-c2cc3c(c(C4C=I4)c2)C(=O)N(Cc2ccc(OC(F)(F)F)cc2)C3)cc1. The quantitative estimate of drug-likeness (QED) is 0.239. The van der Waals surface area contributed by atoms with Gasteiger partial charge in [0.2, 0.25) is 0 Å². The van der Waals surface area contributed by atoms with Gasteiger partial charge in [0.05, 0.1) is 3.92 Å². The maximum absolute atomic E-state index is 13.4. The van der Waals surface area contributed by atoms with E-state index in [1.807, 2.05) is 14.1 Å². The molecule has 0 aromatic heterocycles. The van der Waals surface area contributed by atoms with Gasteiger partial charge in [0.1, 0.15) is 5.75 Å². The van der Waals surface area contributed by atoms with Gasteiger partial charge >= 0.3 is 6.36 Å². The monoisotopic (exact) mass is 592 g/mol. The minimum atomic E-state index is -4.72. The Labute approximate surface area is 212 Å². The van der Waals surface area contributed by atoms with Crippen molar-refractivity contribution in [1.82, 2.24) is 9.80 Å². The summed E-state index contributed by atoms with van der Waals surface area (Å²) in [6.45, 7) is 1.70. The Morgan fingerprint density at radius 2 is 1.66 bits per heavy atom. The molecule has 0 saturated carbocycles. The van der Waals surface area contributed by atoms with E-state index in [0.29, 0.717) is 17.0 Å². The molecule has 0 saturated heterocycles. The van der Waals surface area contributed by atoms with Gasteiger partial charge in [-0.25, -0.2) is 0 Å². The van der Waals surface area contributed by atoms with Crippen molar-refractivity contribution in [1.29, 1.82) is 0 Å². The molecule has 4 nitrogen and oxygen atoms in total. The van der Waals surface area contributed by atoms with Crippen molar-refractivity contribution in [2.45, 2.75) is 29.9 Å². The van der Waals surface area contributed by atoms with E-state index in [2.05, 4.69) is 50.0 Å². The molecule has 0 fully saturated rings. The predicted molar refractivity (Wildman–Crippen MR) is 139 cm³/mol. The van der Waals surface area contributed by atoms with E-state index in [1.54, 1.807) is 17.0 Å². The third-order valence-corrected chi connectivity index (χ3v) is 8.09. The Morgan fingerprint density at radius 3 is 2.26 bits per heavy atom. The summed E-state index contributed by atoms with van der Waals surface area (Å²) in [5.74, 6) is -0.281. The molecule has 0 aliphatic carbocycles. The maximum atomic E-state index is 13.4. The molecule has 1 amide bonds. The van der Waals surface area contributed by atoms with Gasteiger partial charge in [-0.3, -0.25) is 4.79 Å². The molecule has 2 aliphatic rings. The van der Waals surface area contributed by atoms with Gasteiger partial charge in [0.25, 0.3) is 5.91 Å². The van der Waals surface area contributed by atoms with E-state index in [0.717, 1.165) is 39.9 Å². The van der Waals surface area contributed by atoms with Gasteiger partial charge in [0.15, 0.2) is 0 Å².